The molecule has 4 nitrogen and oxygen atoms in total. The van der Waals surface area contributed by atoms with Gasteiger partial charge in [-0.05, 0) is 31.3 Å². The number of hydrogen-bond acceptors (Lipinski definition) is 4. The molecule has 0 radical (unpaired) electrons. The fraction of sp³-hybridized carbons (Fsp3) is 0.667. The lowest BCUT2D eigenvalue weighted by molar-refractivity contribution is -0.184. The minimum atomic E-state index is -4.24. The molecular formula is C12H16F3N3OS. The fourth-order valence-electron chi connectivity index (χ4n) is 2.38. The summed E-state index contributed by atoms with van der Waals surface area (Å²) >= 11 is 1.14. The monoisotopic (exact) mass is 307 g/mol. The number of rotatable bonds is 2. The molecule has 0 aliphatic carbocycles. The maximum Gasteiger partial charge on any atom is 0.393 e. The van der Waals surface area contributed by atoms with Gasteiger partial charge in [0.1, 0.15) is 5.00 Å². The van der Waals surface area contributed by atoms with Gasteiger partial charge in [-0.3, -0.25) is 4.79 Å². The van der Waals surface area contributed by atoms with Gasteiger partial charge in [0, 0.05) is 20.1 Å². The second kappa shape index (κ2) is 5.59. The zero-order valence-electron chi connectivity index (χ0n) is 11.3. The third-order valence-corrected chi connectivity index (χ3v) is 4.43. The molecule has 20 heavy (non-hydrogen) atoms. The Bertz CT molecular complexity index is 501. The largest absolute Gasteiger partial charge is 0.393 e. The number of carbonyl (C=O) groups excluding carboxylic acids is 1. The third kappa shape index (κ3) is 2.89. The van der Waals surface area contributed by atoms with Crippen molar-refractivity contribution in [2.75, 3.05) is 25.5 Å². The quantitative estimate of drug-likeness (QED) is 0.914. The van der Waals surface area contributed by atoms with Crippen LogP contribution in [0.3, 0.4) is 0 Å². The summed E-state index contributed by atoms with van der Waals surface area (Å²) in [6.45, 7) is 1.79. The van der Waals surface area contributed by atoms with Crippen molar-refractivity contribution in [3.05, 3.63) is 11.3 Å². The lowest BCUT2D eigenvalue weighted by Crippen LogP contribution is -2.44. The first-order valence-corrected chi connectivity index (χ1v) is 7.12. The molecule has 1 aromatic heterocycles. The number of hydrogen-bond donors (Lipinski definition) is 1. The van der Waals surface area contributed by atoms with Gasteiger partial charge in [-0.15, -0.1) is 0 Å². The van der Waals surface area contributed by atoms with Crippen LogP contribution < -0.4 is 5.32 Å². The molecule has 1 saturated heterocycles. The molecule has 1 N–H and O–H groups in total. The van der Waals surface area contributed by atoms with Crippen molar-refractivity contribution in [3.8, 4) is 0 Å². The number of nitrogens with one attached hydrogen (secondary N) is 1. The number of piperidine rings is 1. The summed E-state index contributed by atoms with van der Waals surface area (Å²) in [4.78, 5) is 13.7. The Morgan fingerprint density at radius 2 is 2.20 bits per heavy atom. The number of halogens is 3. The summed E-state index contributed by atoms with van der Waals surface area (Å²) in [7, 11) is 1.67. The average Bonchev–Trinajstić information content (AvgIpc) is 2.78. The smallest absolute Gasteiger partial charge is 0.378 e. The zero-order chi connectivity index (χ0) is 14.9. The number of likely N-dealkylation sites (tertiary alicyclic amines) is 1. The van der Waals surface area contributed by atoms with Gasteiger partial charge >= 0.3 is 6.18 Å². The lowest BCUT2D eigenvalue weighted by atomic mass is 9.97. The maximum absolute atomic E-state index is 12.8. The number of nitrogens with zero attached hydrogens (tertiary/aromatic N) is 2. The molecule has 2 rings (SSSR count). The van der Waals surface area contributed by atoms with Crippen LogP contribution in [-0.4, -0.2) is 41.5 Å². The van der Waals surface area contributed by atoms with Gasteiger partial charge in [0.2, 0.25) is 0 Å². The third-order valence-electron chi connectivity index (χ3n) is 3.48. The minimum absolute atomic E-state index is 0.0903. The van der Waals surface area contributed by atoms with Crippen molar-refractivity contribution in [3.63, 3.8) is 0 Å². The van der Waals surface area contributed by atoms with Crippen LogP contribution in [-0.2, 0) is 0 Å². The van der Waals surface area contributed by atoms with Crippen LogP contribution in [0.4, 0.5) is 18.2 Å². The molecule has 0 saturated carbocycles. The molecule has 1 fully saturated rings. The van der Waals surface area contributed by atoms with Crippen molar-refractivity contribution >= 4 is 22.4 Å². The standard InChI is InChI=1S/C12H16F3N3OS/c1-7-9(10(16-2)20-17-7)11(19)18-5-3-4-8(6-18)12(13,14)15/h8,16H,3-6H2,1-2H3. The number of amides is 1. The first-order chi connectivity index (χ1) is 9.34. The Balaban J connectivity index is 2.19. The van der Waals surface area contributed by atoms with Crippen LogP contribution in [0.2, 0.25) is 0 Å². The predicted molar refractivity (Wildman–Crippen MR) is 71.1 cm³/mol. The van der Waals surface area contributed by atoms with Crippen molar-refractivity contribution in [2.45, 2.75) is 25.9 Å². The van der Waals surface area contributed by atoms with E-state index in [0.717, 1.165) is 11.5 Å². The molecule has 2 heterocycles. The normalized spacial score (nSPS) is 20.1. The lowest BCUT2D eigenvalue weighted by Gasteiger charge is -2.33. The Morgan fingerprint density at radius 1 is 1.50 bits per heavy atom. The van der Waals surface area contributed by atoms with Gasteiger partial charge in [-0.1, -0.05) is 0 Å². The van der Waals surface area contributed by atoms with Crippen LogP contribution in [0.15, 0.2) is 0 Å². The highest BCUT2D eigenvalue weighted by atomic mass is 32.1. The van der Waals surface area contributed by atoms with Crippen LogP contribution >= 0.6 is 11.5 Å². The molecule has 8 heteroatoms. The van der Waals surface area contributed by atoms with E-state index < -0.39 is 12.1 Å². The van der Waals surface area contributed by atoms with Crippen molar-refractivity contribution in [2.24, 2.45) is 5.92 Å². The van der Waals surface area contributed by atoms with Gasteiger partial charge in [-0.25, -0.2) is 0 Å². The molecule has 1 unspecified atom stereocenters. The highest BCUT2D eigenvalue weighted by Gasteiger charge is 2.43. The molecule has 112 valence electrons. The zero-order valence-corrected chi connectivity index (χ0v) is 12.1. The van der Waals surface area contributed by atoms with E-state index in [9.17, 15) is 18.0 Å². The Hall–Kier alpha value is -1.31. The van der Waals surface area contributed by atoms with E-state index in [1.54, 1.807) is 14.0 Å². The Morgan fingerprint density at radius 3 is 2.80 bits per heavy atom. The van der Waals surface area contributed by atoms with Gasteiger partial charge < -0.3 is 10.2 Å². The summed E-state index contributed by atoms with van der Waals surface area (Å²) in [6.07, 6.45) is -3.78. The SMILES string of the molecule is CNc1snc(C)c1C(=O)N1CCCC(C(F)(F)F)C1. The van der Waals surface area contributed by atoms with Crippen molar-refractivity contribution in [1.29, 1.82) is 0 Å². The van der Waals surface area contributed by atoms with Crippen LogP contribution in [0.1, 0.15) is 28.9 Å². The number of alkyl halides is 3. The second-order valence-electron chi connectivity index (χ2n) is 4.85. The summed E-state index contributed by atoms with van der Waals surface area (Å²) in [5.41, 5.74) is 0.943. The Labute approximate surface area is 119 Å². The van der Waals surface area contributed by atoms with E-state index in [1.807, 2.05) is 0 Å². The van der Waals surface area contributed by atoms with Crippen molar-refractivity contribution in [1.82, 2.24) is 9.27 Å². The number of carbonyl (C=O) groups is 1. The van der Waals surface area contributed by atoms with E-state index in [0.29, 0.717) is 29.2 Å². The van der Waals surface area contributed by atoms with E-state index in [-0.39, 0.29) is 18.9 Å². The van der Waals surface area contributed by atoms with Crippen LogP contribution in [0.5, 0.6) is 0 Å². The number of anilines is 1. The highest BCUT2D eigenvalue weighted by molar-refractivity contribution is 7.10. The molecule has 0 spiro atoms. The van der Waals surface area contributed by atoms with Gasteiger partial charge in [0.25, 0.3) is 5.91 Å². The highest BCUT2D eigenvalue weighted by Crippen LogP contribution is 2.34. The minimum Gasteiger partial charge on any atom is -0.378 e. The van der Waals surface area contributed by atoms with Gasteiger partial charge in [0.05, 0.1) is 17.2 Å². The van der Waals surface area contributed by atoms with Gasteiger partial charge in [-0.2, -0.15) is 17.5 Å². The van der Waals surface area contributed by atoms with Crippen LogP contribution in [0.25, 0.3) is 0 Å². The van der Waals surface area contributed by atoms with Gasteiger partial charge in [0.15, 0.2) is 0 Å². The summed E-state index contributed by atoms with van der Waals surface area (Å²) < 4.78 is 42.4. The summed E-state index contributed by atoms with van der Waals surface area (Å²) in [6, 6.07) is 0. The predicted octanol–water partition coefficient (Wildman–Crippen LogP) is 2.91. The van der Waals surface area contributed by atoms with E-state index in [4.69, 9.17) is 0 Å². The van der Waals surface area contributed by atoms with E-state index in [1.165, 1.54) is 4.90 Å². The maximum atomic E-state index is 12.8. The average molecular weight is 307 g/mol. The molecule has 0 aromatic carbocycles. The number of aryl methyl sites for hydroxylation is 1. The fourth-order valence-corrected chi connectivity index (χ4v) is 3.12. The molecule has 1 amide bonds. The molecule has 0 bridgehead atoms. The molecule has 1 atom stereocenters. The topological polar surface area (TPSA) is 45.2 Å². The molecule has 1 aromatic rings. The Kier molecular flexibility index (Phi) is 4.22. The van der Waals surface area contributed by atoms with E-state index >= 15 is 0 Å². The summed E-state index contributed by atoms with van der Waals surface area (Å²) in [5.74, 6) is -1.79. The molecule has 1 aliphatic rings. The molecule has 1 aliphatic heterocycles. The van der Waals surface area contributed by atoms with Crippen LogP contribution in [0, 0.1) is 12.8 Å². The first kappa shape index (κ1) is 15.1. The van der Waals surface area contributed by atoms with Crippen molar-refractivity contribution < 1.29 is 18.0 Å². The summed E-state index contributed by atoms with van der Waals surface area (Å²) in [5, 5.41) is 3.46. The second-order valence-corrected chi connectivity index (χ2v) is 5.63. The molecular weight excluding hydrogens is 291 g/mol. The van der Waals surface area contributed by atoms with E-state index in [2.05, 4.69) is 9.69 Å². The first-order valence-electron chi connectivity index (χ1n) is 6.34. The number of aromatic nitrogens is 1.